The number of aromatic nitrogens is 2. The fourth-order valence-corrected chi connectivity index (χ4v) is 0.969. The molecule has 0 aliphatic rings. The molecule has 0 amide bonds. The number of aliphatic hydroxyl groups excluding tert-OH is 1. The van der Waals surface area contributed by atoms with Crippen LogP contribution in [0.1, 0.15) is 12.6 Å². The molecular formula is C7H9F3N2O. The van der Waals surface area contributed by atoms with Crippen LogP contribution < -0.4 is 0 Å². The molecule has 1 unspecified atom stereocenters. The van der Waals surface area contributed by atoms with Gasteiger partial charge in [0.05, 0.1) is 12.6 Å². The van der Waals surface area contributed by atoms with E-state index in [1.165, 1.54) is 6.92 Å². The quantitative estimate of drug-likeness (QED) is 0.770. The molecule has 0 bridgehead atoms. The summed E-state index contributed by atoms with van der Waals surface area (Å²) >= 11 is 0. The molecule has 0 saturated carbocycles. The van der Waals surface area contributed by atoms with Gasteiger partial charge in [-0.2, -0.15) is 18.3 Å². The molecular weight excluding hydrogens is 185 g/mol. The van der Waals surface area contributed by atoms with Crippen molar-refractivity contribution < 1.29 is 18.3 Å². The number of aliphatic hydroxyl groups is 1. The summed E-state index contributed by atoms with van der Waals surface area (Å²) < 4.78 is 37.3. The summed E-state index contributed by atoms with van der Waals surface area (Å²) in [5.41, 5.74) is -0.839. The van der Waals surface area contributed by atoms with Crippen molar-refractivity contribution in [2.75, 3.05) is 0 Å². The highest BCUT2D eigenvalue weighted by molar-refractivity contribution is 5.04. The summed E-state index contributed by atoms with van der Waals surface area (Å²) in [6.45, 7) is 1.25. The van der Waals surface area contributed by atoms with Crippen molar-refractivity contribution in [2.45, 2.75) is 25.7 Å². The van der Waals surface area contributed by atoms with Gasteiger partial charge in [0, 0.05) is 6.20 Å². The third-order valence-corrected chi connectivity index (χ3v) is 1.44. The summed E-state index contributed by atoms with van der Waals surface area (Å²) in [7, 11) is 0. The zero-order chi connectivity index (χ0) is 10.1. The lowest BCUT2D eigenvalue weighted by Crippen LogP contribution is -2.20. The van der Waals surface area contributed by atoms with E-state index in [2.05, 4.69) is 5.10 Å². The number of hydrogen-bond acceptors (Lipinski definition) is 2. The maximum absolute atomic E-state index is 12.2. The molecule has 0 aromatic carbocycles. The minimum atomic E-state index is -4.41. The molecule has 13 heavy (non-hydrogen) atoms. The highest BCUT2D eigenvalue weighted by Gasteiger charge is 2.34. The molecule has 1 heterocycles. The fraction of sp³-hybridized carbons (Fsp3) is 0.571. The second-order valence-electron chi connectivity index (χ2n) is 2.75. The molecule has 0 aliphatic carbocycles. The second-order valence-corrected chi connectivity index (χ2v) is 2.75. The summed E-state index contributed by atoms with van der Waals surface area (Å²) in [6.07, 6.45) is -4.20. The zero-order valence-corrected chi connectivity index (χ0v) is 6.91. The van der Waals surface area contributed by atoms with Gasteiger partial charge in [-0.1, -0.05) is 0 Å². The SMILES string of the molecule is CC(O)Cn1nccc1C(F)(F)F. The van der Waals surface area contributed by atoms with Crippen molar-refractivity contribution in [1.29, 1.82) is 0 Å². The van der Waals surface area contributed by atoms with Gasteiger partial charge in [0.25, 0.3) is 0 Å². The third-order valence-electron chi connectivity index (χ3n) is 1.44. The van der Waals surface area contributed by atoms with E-state index in [0.29, 0.717) is 0 Å². The van der Waals surface area contributed by atoms with Crippen LogP contribution in [0.5, 0.6) is 0 Å². The molecule has 1 rings (SSSR count). The van der Waals surface area contributed by atoms with Crippen LogP contribution in [0.15, 0.2) is 12.3 Å². The van der Waals surface area contributed by atoms with Gasteiger partial charge in [0.1, 0.15) is 5.69 Å². The Morgan fingerprint density at radius 3 is 2.69 bits per heavy atom. The first-order valence-corrected chi connectivity index (χ1v) is 3.68. The van der Waals surface area contributed by atoms with E-state index in [0.717, 1.165) is 16.9 Å². The molecule has 74 valence electrons. The Hall–Kier alpha value is -1.04. The van der Waals surface area contributed by atoms with Gasteiger partial charge in [-0.25, -0.2) is 0 Å². The van der Waals surface area contributed by atoms with Crippen molar-refractivity contribution in [2.24, 2.45) is 0 Å². The van der Waals surface area contributed by atoms with E-state index in [9.17, 15) is 13.2 Å². The third kappa shape index (κ3) is 2.45. The molecule has 1 aromatic rings. The number of nitrogens with zero attached hydrogens (tertiary/aromatic N) is 2. The van der Waals surface area contributed by atoms with Crippen molar-refractivity contribution in [3.63, 3.8) is 0 Å². The molecule has 1 atom stereocenters. The van der Waals surface area contributed by atoms with Crippen molar-refractivity contribution >= 4 is 0 Å². The summed E-state index contributed by atoms with van der Waals surface area (Å²) in [5.74, 6) is 0. The molecule has 0 saturated heterocycles. The van der Waals surface area contributed by atoms with Crippen molar-refractivity contribution in [3.05, 3.63) is 18.0 Å². The first kappa shape index (κ1) is 10.0. The minimum absolute atomic E-state index is 0.151. The first-order valence-electron chi connectivity index (χ1n) is 3.68. The molecule has 1 aromatic heterocycles. The molecule has 3 nitrogen and oxygen atoms in total. The molecule has 1 N–H and O–H groups in total. The van der Waals surface area contributed by atoms with E-state index >= 15 is 0 Å². The largest absolute Gasteiger partial charge is 0.433 e. The van der Waals surface area contributed by atoms with Gasteiger partial charge in [0.2, 0.25) is 0 Å². The van der Waals surface area contributed by atoms with Gasteiger partial charge >= 0.3 is 6.18 Å². The number of rotatable bonds is 2. The highest BCUT2D eigenvalue weighted by atomic mass is 19.4. The monoisotopic (exact) mass is 194 g/mol. The van der Waals surface area contributed by atoms with Crippen LogP contribution in [-0.4, -0.2) is 21.0 Å². The van der Waals surface area contributed by atoms with E-state index < -0.39 is 18.0 Å². The van der Waals surface area contributed by atoms with E-state index in [1.807, 2.05) is 0 Å². The second kappa shape index (κ2) is 3.37. The van der Waals surface area contributed by atoms with E-state index in [-0.39, 0.29) is 6.54 Å². The molecule has 0 radical (unpaired) electrons. The number of hydrogen-bond donors (Lipinski definition) is 1. The van der Waals surface area contributed by atoms with Crippen LogP contribution in [0.25, 0.3) is 0 Å². The summed E-state index contributed by atoms with van der Waals surface area (Å²) in [6, 6.07) is 0.877. The Balaban J connectivity index is 2.90. The van der Waals surface area contributed by atoms with Crippen molar-refractivity contribution in [1.82, 2.24) is 9.78 Å². The van der Waals surface area contributed by atoms with E-state index in [1.54, 1.807) is 0 Å². The lowest BCUT2D eigenvalue weighted by molar-refractivity contribution is -0.144. The Labute approximate surface area is 72.8 Å². The molecule has 0 aliphatic heterocycles. The first-order chi connectivity index (χ1) is 5.91. The summed E-state index contributed by atoms with van der Waals surface area (Å²) in [4.78, 5) is 0. The highest BCUT2D eigenvalue weighted by Crippen LogP contribution is 2.28. The van der Waals surface area contributed by atoms with Gasteiger partial charge in [-0.15, -0.1) is 0 Å². The molecule has 6 heteroatoms. The van der Waals surface area contributed by atoms with Gasteiger partial charge in [0.15, 0.2) is 0 Å². The smallest absolute Gasteiger partial charge is 0.391 e. The van der Waals surface area contributed by atoms with Gasteiger partial charge in [-0.05, 0) is 13.0 Å². The Morgan fingerprint density at radius 2 is 2.23 bits per heavy atom. The number of alkyl halides is 3. The summed E-state index contributed by atoms with van der Waals surface area (Å²) in [5, 5.41) is 12.3. The van der Waals surface area contributed by atoms with Crippen LogP contribution in [0, 0.1) is 0 Å². The lowest BCUT2D eigenvalue weighted by atomic mass is 10.3. The van der Waals surface area contributed by atoms with Crippen LogP contribution in [0.2, 0.25) is 0 Å². The zero-order valence-electron chi connectivity index (χ0n) is 6.91. The predicted octanol–water partition coefficient (Wildman–Crippen LogP) is 1.28. The maximum atomic E-state index is 12.2. The maximum Gasteiger partial charge on any atom is 0.433 e. The van der Waals surface area contributed by atoms with Gasteiger partial charge in [-0.3, -0.25) is 4.68 Å². The van der Waals surface area contributed by atoms with Crippen LogP contribution in [0.3, 0.4) is 0 Å². The topological polar surface area (TPSA) is 38.0 Å². The van der Waals surface area contributed by atoms with Crippen molar-refractivity contribution in [3.8, 4) is 0 Å². The Kier molecular flexibility index (Phi) is 2.60. The average molecular weight is 194 g/mol. The minimum Gasteiger partial charge on any atom is -0.391 e. The average Bonchev–Trinajstić information content (AvgIpc) is 2.31. The predicted molar refractivity (Wildman–Crippen MR) is 38.9 cm³/mol. The molecule has 0 spiro atoms. The molecule has 0 fully saturated rings. The Bertz CT molecular complexity index is 280. The van der Waals surface area contributed by atoms with Crippen LogP contribution >= 0.6 is 0 Å². The lowest BCUT2D eigenvalue weighted by Gasteiger charge is -2.11. The van der Waals surface area contributed by atoms with Gasteiger partial charge < -0.3 is 5.11 Å². The fourth-order valence-electron chi connectivity index (χ4n) is 0.969. The standard InChI is InChI=1S/C7H9F3N2O/c1-5(13)4-12-6(2-3-11-12)7(8,9)10/h2-3,5,13H,4H2,1H3. The van der Waals surface area contributed by atoms with E-state index in [4.69, 9.17) is 5.11 Å². The normalized spacial score (nSPS) is 14.5. The van der Waals surface area contributed by atoms with Crippen LogP contribution in [0.4, 0.5) is 13.2 Å². The number of halogens is 3. The van der Waals surface area contributed by atoms with Crippen LogP contribution in [-0.2, 0) is 12.7 Å². The Morgan fingerprint density at radius 1 is 1.62 bits per heavy atom.